The molecule has 0 radical (unpaired) electrons. The van der Waals surface area contributed by atoms with E-state index in [4.69, 9.17) is 0 Å². The predicted molar refractivity (Wildman–Crippen MR) is 101 cm³/mol. The zero-order chi connectivity index (χ0) is 18.4. The van der Waals surface area contributed by atoms with E-state index in [0.717, 1.165) is 30.6 Å². The van der Waals surface area contributed by atoms with Crippen LogP contribution in [0.1, 0.15) is 28.6 Å². The third kappa shape index (κ3) is 2.83. The molecule has 0 saturated carbocycles. The van der Waals surface area contributed by atoms with Crippen molar-refractivity contribution in [2.45, 2.75) is 32.5 Å². The molecular weight excluding hydrogens is 328 g/mol. The number of aromatic nitrogens is 1. The second-order valence-corrected chi connectivity index (χ2v) is 7.31. The average molecular weight is 352 g/mol. The molecule has 4 rings (SSSR count). The molecule has 2 aromatic carbocycles. The third-order valence-corrected chi connectivity index (χ3v) is 5.29. The summed E-state index contributed by atoms with van der Waals surface area (Å²) in [6.07, 6.45) is 0.543. The molecule has 136 valence electrons. The van der Waals surface area contributed by atoms with Crippen LogP contribution in [0, 0.1) is 6.92 Å². The summed E-state index contributed by atoms with van der Waals surface area (Å²) < 4.78 is 2.04. The maximum atomic E-state index is 11.0. The molecule has 1 unspecified atom stereocenters. The van der Waals surface area contributed by atoms with Crippen LogP contribution in [-0.2, 0) is 19.4 Å². The van der Waals surface area contributed by atoms with Crippen molar-refractivity contribution in [3.05, 3.63) is 58.8 Å². The number of nitrogens with zero attached hydrogens (tertiary/aromatic N) is 2. The lowest BCUT2D eigenvalue weighted by molar-refractivity contribution is 0.104. The lowest BCUT2D eigenvalue weighted by atomic mass is 10.0. The van der Waals surface area contributed by atoms with Gasteiger partial charge in [0.1, 0.15) is 6.23 Å². The number of aliphatic hydroxyl groups is 1. The first kappa shape index (κ1) is 16.9. The molecule has 0 saturated heterocycles. The topological polar surface area (TPSA) is 68.9 Å². The van der Waals surface area contributed by atoms with Gasteiger partial charge in [0.2, 0.25) is 0 Å². The number of hydrogen-bond acceptors (Lipinski definition) is 4. The Morgan fingerprint density at radius 2 is 1.88 bits per heavy atom. The van der Waals surface area contributed by atoms with Crippen molar-refractivity contribution < 1.29 is 15.3 Å². The summed E-state index contributed by atoms with van der Waals surface area (Å²) in [4.78, 5) is 2.30. The van der Waals surface area contributed by atoms with Gasteiger partial charge in [0.05, 0.1) is 5.52 Å². The SMILES string of the molecule is Cc1ccc2c(c1)c1c(n2C(O)Cc2ccc(O)c(O)c2)CCN(C)C1. The van der Waals surface area contributed by atoms with Crippen LogP contribution in [0.3, 0.4) is 0 Å². The van der Waals surface area contributed by atoms with Crippen molar-refractivity contribution >= 4 is 10.9 Å². The fourth-order valence-electron chi connectivity index (χ4n) is 3.98. The van der Waals surface area contributed by atoms with Crippen molar-refractivity contribution in [3.63, 3.8) is 0 Å². The standard InChI is InChI=1S/C21H24N2O3/c1-13-3-5-17-15(9-13)16-12-22(2)8-7-18(16)23(17)21(26)11-14-4-6-19(24)20(25)10-14/h3-6,9-10,21,24-26H,7-8,11-12H2,1-2H3. The first-order valence-electron chi connectivity index (χ1n) is 8.94. The van der Waals surface area contributed by atoms with Crippen molar-refractivity contribution in [2.75, 3.05) is 13.6 Å². The van der Waals surface area contributed by atoms with E-state index in [1.54, 1.807) is 6.07 Å². The van der Waals surface area contributed by atoms with E-state index in [1.165, 1.54) is 34.3 Å². The minimum absolute atomic E-state index is 0.148. The van der Waals surface area contributed by atoms with Gasteiger partial charge in [0.25, 0.3) is 0 Å². The highest BCUT2D eigenvalue weighted by Crippen LogP contribution is 2.34. The van der Waals surface area contributed by atoms with E-state index in [9.17, 15) is 15.3 Å². The number of phenolic OH excluding ortho intramolecular Hbond substituents is 2. The molecule has 5 heteroatoms. The van der Waals surface area contributed by atoms with E-state index in [-0.39, 0.29) is 11.5 Å². The molecule has 0 amide bonds. The molecule has 26 heavy (non-hydrogen) atoms. The van der Waals surface area contributed by atoms with Gasteiger partial charge in [0, 0.05) is 37.0 Å². The Hall–Kier alpha value is -2.50. The fourth-order valence-corrected chi connectivity index (χ4v) is 3.98. The molecular formula is C21H24N2O3. The zero-order valence-electron chi connectivity index (χ0n) is 15.1. The predicted octanol–water partition coefficient (Wildman–Crippen LogP) is 3.08. The second-order valence-electron chi connectivity index (χ2n) is 7.31. The van der Waals surface area contributed by atoms with E-state index < -0.39 is 6.23 Å². The second kappa shape index (κ2) is 6.34. The van der Waals surface area contributed by atoms with Crippen LogP contribution in [0.15, 0.2) is 36.4 Å². The van der Waals surface area contributed by atoms with Crippen LogP contribution in [0.5, 0.6) is 11.5 Å². The summed E-state index contributed by atoms with van der Waals surface area (Å²) in [5, 5.41) is 31.4. The van der Waals surface area contributed by atoms with Gasteiger partial charge in [-0.2, -0.15) is 0 Å². The minimum atomic E-state index is -0.726. The summed E-state index contributed by atoms with van der Waals surface area (Å²) >= 11 is 0. The van der Waals surface area contributed by atoms with Gasteiger partial charge in [-0.3, -0.25) is 0 Å². The van der Waals surface area contributed by atoms with Gasteiger partial charge < -0.3 is 24.8 Å². The highest BCUT2D eigenvalue weighted by atomic mass is 16.3. The third-order valence-electron chi connectivity index (χ3n) is 5.29. The normalized spacial score (nSPS) is 16.0. The number of hydrogen-bond donors (Lipinski definition) is 3. The summed E-state index contributed by atoms with van der Waals surface area (Å²) in [5.74, 6) is -0.308. The van der Waals surface area contributed by atoms with Gasteiger partial charge in [-0.15, -0.1) is 0 Å². The molecule has 0 bridgehead atoms. The average Bonchev–Trinajstić information content (AvgIpc) is 2.91. The molecule has 3 N–H and O–H groups in total. The first-order chi connectivity index (χ1) is 12.4. The molecule has 5 nitrogen and oxygen atoms in total. The highest BCUT2D eigenvalue weighted by Gasteiger charge is 2.25. The first-order valence-corrected chi connectivity index (χ1v) is 8.94. The minimum Gasteiger partial charge on any atom is -0.504 e. The molecule has 0 spiro atoms. The quantitative estimate of drug-likeness (QED) is 0.634. The number of likely N-dealkylation sites (N-methyl/N-ethyl adjacent to an activating group) is 1. The molecule has 1 aliphatic heterocycles. The van der Waals surface area contributed by atoms with Gasteiger partial charge >= 0.3 is 0 Å². The summed E-state index contributed by atoms with van der Waals surface area (Å²) in [6.45, 7) is 3.94. The number of benzene rings is 2. The van der Waals surface area contributed by atoms with E-state index in [1.807, 2.05) is 4.57 Å². The Kier molecular flexibility index (Phi) is 4.13. The Morgan fingerprint density at radius 3 is 2.65 bits per heavy atom. The van der Waals surface area contributed by atoms with Crippen LogP contribution < -0.4 is 0 Å². The fraction of sp³-hybridized carbons (Fsp3) is 0.333. The molecule has 1 aromatic heterocycles. The molecule has 3 aromatic rings. The van der Waals surface area contributed by atoms with Crippen LogP contribution in [0.4, 0.5) is 0 Å². The molecule has 0 fully saturated rings. The van der Waals surface area contributed by atoms with Gasteiger partial charge in [-0.05, 0) is 49.4 Å². The Balaban J connectivity index is 1.79. The largest absolute Gasteiger partial charge is 0.504 e. The lowest BCUT2D eigenvalue weighted by Gasteiger charge is -2.26. The van der Waals surface area contributed by atoms with Crippen LogP contribution in [0.25, 0.3) is 10.9 Å². The van der Waals surface area contributed by atoms with Crippen molar-refractivity contribution in [1.29, 1.82) is 0 Å². The van der Waals surface area contributed by atoms with E-state index >= 15 is 0 Å². The van der Waals surface area contributed by atoms with Gasteiger partial charge in [0.15, 0.2) is 11.5 Å². The smallest absolute Gasteiger partial charge is 0.157 e. The monoisotopic (exact) mass is 352 g/mol. The number of aromatic hydroxyl groups is 2. The molecule has 0 aliphatic carbocycles. The van der Waals surface area contributed by atoms with Gasteiger partial charge in [-0.25, -0.2) is 0 Å². The van der Waals surface area contributed by atoms with Gasteiger partial charge in [-0.1, -0.05) is 17.7 Å². The number of phenols is 2. The van der Waals surface area contributed by atoms with E-state index in [2.05, 4.69) is 37.1 Å². The number of fused-ring (bicyclic) bond motifs is 3. The van der Waals surface area contributed by atoms with Crippen molar-refractivity contribution in [2.24, 2.45) is 0 Å². The summed E-state index contributed by atoms with van der Waals surface area (Å²) in [5.41, 5.74) is 5.53. The molecule has 1 aliphatic rings. The van der Waals surface area contributed by atoms with Crippen molar-refractivity contribution in [1.82, 2.24) is 9.47 Å². The zero-order valence-corrected chi connectivity index (χ0v) is 15.1. The molecule has 2 heterocycles. The summed E-state index contributed by atoms with van der Waals surface area (Å²) in [6, 6.07) is 11.1. The van der Waals surface area contributed by atoms with Crippen LogP contribution in [-0.4, -0.2) is 38.4 Å². The number of rotatable bonds is 3. The Morgan fingerprint density at radius 1 is 1.08 bits per heavy atom. The van der Waals surface area contributed by atoms with Crippen LogP contribution >= 0.6 is 0 Å². The number of aryl methyl sites for hydroxylation is 1. The van der Waals surface area contributed by atoms with Crippen LogP contribution in [0.2, 0.25) is 0 Å². The summed E-state index contributed by atoms with van der Waals surface area (Å²) in [7, 11) is 2.12. The number of aliphatic hydroxyl groups excluding tert-OH is 1. The maximum absolute atomic E-state index is 11.0. The highest BCUT2D eigenvalue weighted by molar-refractivity contribution is 5.86. The van der Waals surface area contributed by atoms with E-state index in [0.29, 0.717) is 6.42 Å². The lowest BCUT2D eigenvalue weighted by Crippen LogP contribution is -2.28. The Bertz CT molecular complexity index is 977. The maximum Gasteiger partial charge on any atom is 0.157 e. The van der Waals surface area contributed by atoms with Crippen molar-refractivity contribution in [3.8, 4) is 11.5 Å². The molecule has 1 atom stereocenters. The Labute approximate surface area is 152 Å².